The third kappa shape index (κ3) is 2.87. The molecule has 0 aliphatic heterocycles. The Hall–Kier alpha value is -0.790. The van der Waals surface area contributed by atoms with Gasteiger partial charge in [0.2, 0.25) is 0 Å². The van der Waals surface area contributed by atoms with Gasteiger partial charge in [0.1, 0.15) is 6.10 Å². The smallest absolute Gasteiger partial charge is 0.302 e. The SMILES string of the molecule is CC(=O)O[C@@H]1CCCC[C@@H]1C1=CCCCC1. The second-order valence-corrected chi connectivity index (χ2v) is 5.06. The topological polar surface area (TPSA) is 26.3 Å². The highest BCUT2D eigenvalue weighted by atomic mass is 16.5. The molecule has 2 nitrogen and oxygen atoms in total. The minimum atomic E-state index is -0.117. The third-order valence-electron chi connectivity index (χ3n) is 3.82. The molecule has 0 saturated heterocycles. The molecule has 0 aromatic rings. The van der Waals surface area contributed by atoms with Crippen LogP contribution in [0, 0.1) is 5.92 Å². The Morgan fingerprint density at radius 2 is 2.06 bits per heavy atom. The number of allylic oxidation sites excluding steroid dienone is 1. The van der Waals surface area contributed by atoms with Crippen LogP contribution in [0.4, 0.5) is 0 Å². The standard InChI is InChI=1S/C14H22O2/c1-11(15)16-14-10-6-5-9-13(14)12-7-3-2-4-8-12/h7,13-14H,2-6,8-10H2,1H3/t13-,14-/m1/s1. The minimum Gasteiger partial charge on any atom is -0.462 e. The number of carbonyl (C=O) groups excluding carboxylic acids is 1. The van der Waals surface area contributed by atoms with Gasteiger partial charge in [0.05, 0.1) is 0 Å². The van der Waals surface area contributed by atoms with Gasteiger partial charge >= 0.3 is 5.97 Å². The first-order valence-corrected chi connectivity index (χ1v) is 6.63. The summed E-state index contributed by atoms with van der Waals surface area (Å²) in [6.07, 6.45) is 12.4. The molecule has 0 radical (unpaired) electrons. The zero-order valence-electron chi connectivity index (χ0n) is 10.2. The van der Waals surface area contributed by atoms with Crippen LogP contribution < -0.4 is 0 Å². The molecular weight excluding hydrogens is 200 g/mol. The largest absolute Gasteiger partial charge is 0.462 e. The lowest BCUT2D eigenvalue weighted by atomic mass is 9.78. The molecule has 16 heavy (non-hydrogen) atoms. The molecule has 0 spiro atoms. The molecule has 1 saturated carbocycles. The summed E-state index contributed by atoms with van der Waals surface area (Å²) < 4.78 is 5.48. The van der Waals surface area contributed by atoms with Gasteiger partial charge in [0.25, 0.3) is 0 Å². The summed E-state index contributed by atoms with van der Waals surface area (Å²) in [7, 11) is 0. The lowest BCUT2D eigenvalue weighted by molar-refractivity contribution is -0.149. The van der Waals surface area contributed by atoms with Gasteiger partial charge in [-0.3, -0.25) is 4.79 Å². The van der Waals surface area contributed by atoms with E-state index in [4.69, 9.17) is 4.74 Å². The monoisotopic (exact) mass is 222 g/mol. The second kappa shape index (κ2) is 5.51. The van der Waals surface area contributed by atoms with Crippen molar-refractivity contribution < 1.29 is 9.53 Å². The molecule has 2 heteroatoms. The first-order valence-electron chi connectivity index (χ1n) is 6.63. The van der Waals surface area contributed by atoms with Crippen molar-refractivity contribution in [2.24, 2.45) is 5.92 Å². The van der Waals surface area contributed by atoms with Gasteiger partial charge in [0.15, 0.2) is 0 Å². The lowest BCUT2D eigenvalue weighted by Crippen LogP contribution is -2.31. The molecule has 2 aliphatic rings. The van der Waals surface area contributed by atoms with Crippen molar-refractivity contribution in [2.75, 3.05) is 0 Å². The fourth-order valence-electron chi connectivity index (χ4n) is 3.07. The molecule has 0 heterocycles. The zero-order chi connectivity index (χ0) is 11.4. The van der Waals surface area contributed by atoms with E-state index in [1.165, 1.54) is 51.9 Å². The highest BCUT2D eigenvalue weighted by molar-refractivity contribution is 5.66. The average molecular weight is 222 g/mol. The first-order chi connectivity index (χ1) is 7.77. The number of ether oxygens (including phenoxy) is 1. The van der Waals surface area contributed by atoms with Crippen molar-refractivity contribution in [2.45, 2.75) is 64.4 Å². The van der Waals surface area contributed by atoms with Crippen molar-refractivity contribution in [1.82, 2.24) is 0 Å². The predicted octanol–water partition coefficient (Wildman–Crippen LogP) is 3.61. The molecular formula is C14H22O2. The summed E-state index contributed by atoms with van der Waals surface area (Å²) in [5.74, 6) is 0.409. The Labute approximate surface area is 98.1 Å². The van der Waals surface area contributed by atoms with Crippen LogP contribution in [-0.2, 0) is 9.53 Å². The zero-order valence-corrected chi connectivity index (χ0v) is 10.2. The Morgan fingerprint density at radius 1 is 1.25 bits per heavy atom. The van der Waals surface area contributed by atoms with Gasteiger partial charge in [-0.1, -0.05) is 18.1 Å². The molecule has 0 N–H and O–H groups in total. The summed E-state index contributed by atoms with van der Waals surface area (Å²) >= 11 is 0. The molecule has 0 bridgehead atoms. The number of esters is 1. The van der Waals surface area contributed by atoms with Gasteiger partial charge in [-0.25, -0.2) is 0 Å². The van der Waals surface area contributed by atoms with Crippen LogP contribution >= 0.6 is 0 Å². The Balaban J connectivity index is 2.03. The van der Waals surface area contributed by atoms with Crippen LogP contribution in [0.15, 0.2) is 11.6 Å². The van der Waals surface area contributed by atoms with E-state index < -0.39 is 0 Å². The van der Waals surface area contributed by atoms with Crippen molar-refractivity contribution in [3.05, 3.63) is 11.6 Å². The quantitative estimate of drug-likeness (QED) is 0.527. The minimum absolute atomic E-state index is 0.117. The van der Waals surface area contributed by atoms with Gasteiger partial charge < -0.3 is 4.74 Å². The van der Waals surface area contributed by atoms with Crippen molar-refractivity contribution in [3.63, 3.8) is 0 Å². The van der Waals surface area contributed by atoms with Crippen molar-refractivity contribution >= 4 is 5.97 Å². The highest BCUT2D eigenvalue weighted by Gasteiger charge is 2.30. The Kier molecular flexibility index (Phi) is 4.03. The number of rotatable bonds is 2. The summed E-state index contributed by atoms with van der Waals surface area (Å²) in [5.41, 5.74) is 1.57. The second-order valence-electron chi connectivity index (χ2n) is 5.06. The van der Waals surface area contributed by atoms with Gasteiger partial charge in [-0.15, -0.1) is 0 Å². The summed E-state index contributed by atoms with van der Waals surface area (Å²) in [6, 6.07) is 0. The van der Waals surface area contributed by atoms with E-state index in [1.807, 2.05) is 0 Å². The molecule has 0 aromatic carbocycles. The third-order valence-corrected chi connectivity index (χ3v) is 3.82. The maximum absolute atomic E-state index is 11.1. The van der Waals surface area contributed by atoms with Crippen molar-refractivity contribution in [1.29, 1.82) is 0 Å². The normalized spacial score (nSPS) is 30.7. The molecule has 1 fully saturated rings. The number of carbonyl (C=O) groups is 1. The molecule has 2 atom stereocenters. The van der Waals surface area contributed by atoms with E-state index >= 15 is 0 Å². The predicted molar refractivity (Wildman–Crippen MR) is 64.1 cm³/mol. The molecule has 90 valence electrons. The Morgan fingerprint density at radius 3 is 2.75 bits per heavy atom. The maximum atomic E-state index is 11.1. The molecule has 2 rings (SSSR count). The lowest BCUT2D eigenvalue weighted by Gasteiger charge is -2.33. The van der Waals surface area contributed by atoms with E-state index in [1.54, 1.807) is 5.57 Å². The van der Waals surface area contributed by atoms with E-state index in [0.717, 1.165) is 6.42 Å². The van der Waals surface area contributed by atoms with Crippen molar-refractivity contribution in [3.8, 4) is 0 Å². The molecule has 0 unspecified atom stereocenters. The summed E-state index contributed by atoms with van der Waals surface area (Å²) in [4.78, 5) is 11.1. The van der Waals surface area contributed by atoms with E-state index in [0.29, 0.717) is 5.92 Å². The Bertz CT molecular complexity index is 280. The number of hydrogen-bond donors (Lipinski definition) is 0. The maximum Gasteiger partial charge on any atom is 0.302 e. The van der Waals surface area contributed by atoms with Crippen LogP contribution in [0.25, 0.3) is 0 Å². The van der Waals surface area contributed by atoms with Crippen LogP contribution in [0.5, 0.6) is 0 Å². The van der Waals surface area contributed by atoms with Gasteiger partial charge in [-0.2, -0.15) is 0 Å². The van der Waals surface area contributed by atoms with Crippen LogP contribution in [0.2, 0.25) is 0 Å². The summed E-state index contributed by atoms with van der Waals surface area (Å²) in [6.45, 7) is 1.53. The average Bonchev–Trinajstić information content (AvgIpc) is 2.30. The fourth-order valence-corrected chi connectivity index (χ4v) is 3.07. The van der Waals surface area contributed by atoms with E-state index in [2.05, 4.69) is 6.08 Å². The van der Waals surface area contributed by atoms with Crippen LogP contribution in [-0.4, -0.2) is 12.1 Å². The van der Waals surface area contributed by atoms with Crippen LogP contribution in [0.3, 0.4) is 0 Å². The van der Waals surface area contributed by atoms with Gasteiger partial charge in [0, 0.05) is 12.8 Å². The molecule has 2 aliphatic carbocycles. The number of hydrogen-bond acceptors (Lipinski definition) is 2. The van der Waals surface area contributed by atoms with Gasteiger partial charge in [-0.05, 0) is 44.9 Å². The van der Waals surface area contributed by atoms with Crippen LogP contribution in [0.1, 0.15) is 58.3 Å². The fraction of sp³-hybridized carbons (Fsp3) is 0.786. The summed E-state index contributed by atoms with van der Waals surface area (Å²) in [5, 5.41) is 0. The van der Waals surface area contributed by atoms with E-state index in [9.17, 15) is 4.79 Å². The molecule has 0 amide bonds. The van der Waals surface area contributed by atoms with E-state index in [-0.39, 0.29) is 12.1 Å². The highest BCUT2D eigenvalue weighted by Crippen LogP contribution is 2.36. The first kappa shape index (κ1) is 11.7. The molecule has 0 aromatic heterocycles.